The van der Waals surface area contributed by atoms with Gasteiger partial charge in [0.25, 0.3) is 0 Å². The third kappa shape index (κ3) is 5.01. The van der Waals surface area contributed by atoms with Crippen molar-refractivity contribution < 1.29 is 18.3 Å². The highest BCUT2D eigenvalue weighted by Crippen LogP contribution is 2.25. The van der Waals surface area contributed by atoms with Crippen LogP contribution >= 0.6 is 0 Å². The summed E-state index contributed by atoms with van der Waals surface area (Å²) in [5.74, 6) is 0.0225. The molecule has 1 heterocycles. The SMILES string of the molecule is C=C/C(F)=C(\C=C(\F)CC)C[C@H]1N=C(OC)[C@H](C(C)C)N=C1OC. The Balaban J connectivity index is 3.20. The number of hydrogen-bond acceptors (Lipinski definition) is 4. The van der Waals surface area contributed by atoms with Crippen molar-refractivity contribution in [2.45, 2.75) is 45.7 Å². The molecule has 24 heavy (non-hydrogen) atoms. The molecular weight excluding hydrogens is 314 g/mol. The van der Waals surface area contributed by atoms with E-state index in [1.165, 1.54) is 20.3 Å². The molecular formula is C18H26F2N2O2. The van der Waals surface area contributed by atoms with E-state index in [4.69, 9.17) is 9.47 Å². The summed E-state index contributed by atoms with van der Waals surface area (Å²) < 4.78 is 38.3. The van der Waals surface area contributed by atoms with Crippen molar-refractivity contribution in [3.05, 3.63) is 36.0 Å². The lowest BCUT2D eigenvalue weighted by Gasteiger charge is -2.27. The molecule has 0 saturated heterocycles. The molecule has 2 atom stereocenters. The van der Waals surface area contributed by atoms with Crippen LogP contribution in [0.1, 0.15) is 33.6 Å². The molecule has 134 valence electrons. The van der Waals surface area contributed by atoms with E-state index in [9.17, 15) is 8.78 Å². The Morgan fingerprint density at radius 1 is 1.21 bits per heavy atom. The van der Waals surface area contributed by atoms with E-state index in [1.54, 1.807) is 6.92 Å². The Hall–Kier alpha value is -1.98. The predicted molar refractivity (Wildman–Crippen MR) is 93.7 cm³/mol. The first-order valence-corrected chi connectivity index (χ1v) is 7.98. The van der Waals surface area contributed by atoms with Crippen molar-refractivity contribution in [3.8, 4) is 0 Å². The second kappa shape index (κ2) is 9.35. The lowest BCUT2D eigenvalue weighted by atomic mass is 9.99. The maximum absolute atomic E-state index is 14.1. The van der Waals surface area contributed by atoms with E-state index in [2.05, 4.69) is 16.6 Å². The van der Waals surface area contributed by atoms with Gasteiger partial charge in [-0.2, -0.15) is 0 Å². The van der Waals surface area contributed by atoms with Gasteiger partial charge >= 0.3 is 0 Å². The van der Waals surface area contributed by atoms with Crippen LogP contribution in [0.15, 0.2) is 45.9 Å². The van der Waals surface area contributed by atoms with Crippen LogP contribution in [-0.2, 0) is 9.47 Å². The number of allylic oxidation sites excluding steroid dienone is 4. The van der Waals surface area contributed by atoms with Gasteiger partial charge in [-0.3, -0.25) is 0 Å². The first-order chi connectivity index (χ1) is 11.4. The molecule has 0 radical (unpaired) electrons. The zero-order chi connectivity index (χ0) is 18.3. The average molecular weight is 340 g/mol. The zero-order valence-corrected chi connectivity index (χ0v) is 15.0. The molecule has 1 aliphatic rings. The van der Waals surface area contributed by atoms with Crippen LogP contribution in [0.3, 0.4) is 0 Å². The van der Waals surface area contributed by atoms with Crippen molar-refractivity contribution >= 4 is 11.8 Å². The van der Waals surface area contributed by atoms with E-state index >= 15 is 0 Å². The smallest absolute Gasteiger partial charge is 0.209 e. The highest BCUT2D eigenvalue weighted by molar-refractivity contribution is 5.94. The van der Waals surface area contributed by atoms with Crippen molar-refractivity contribution in [2.24, 2.45) is 15.9 Å². The summed E-state index contributed by atoms with van der Waals surface area (Å²) in [6, 6.07) is -0.817. The van der Waals surface area contributed by atoms with Crippen molar-refractivity contribution in [3.63, 3.8) is 0 Å². The summed E-state index contributed by atoms with van der Waals surface area (Å²) in [6.07, 6.45) is 2.53. The molecule has 0 fully saturated rings. The number of aliphatic imine (C=N–C) groups is 2. The Kier molecular flexibility index (Phi) is 7.82. The topological polar surface area (TPSA) is 43.2 Å². The lowest BCUT2D eigenvalue weighted by molar-refractivity contribution is 0.332. The molecule has 0 aliphatic carbocycles. The van der Waals surface area contributed by atoms with Crippen molar-refractivity contribution in [1.82, 2.24) is 0 Å². The number of halogens is 2. The summed E-state index contributed by atoms with van der Waals surface area (Å²) in [7, 11) is 3.02. The minimum Gasteiger partial charge on any atom is -0.483 e. The Bertz CT molecular complexity index is 578. The van der Waals surface area contributed by atoms with Crippen molar-refractivity contribution in [2.75, 3.05) is 14.2 Å². The van der Waals surface area contributed by atoms with E-state index < -0.39 is 17.7 Å². The maximum atomic E-state index is 14.1. The van der Waals surface area contributed by atoms with Gasteiger partial charge in [-0.15, -0.1) is 0 Å². The molecule has 1 rings (SSSR count). The van der Waals surface area contributed by atoms with Crippen LogP contribution in [0, 0.1) is 5.92 Å². The fourth-order valence-electron chi connectivity index (χ4n) is 2.35. The third-order valence-electron chi connectivity index (χ3n) is 3.71. The molecule has 0 amide bonds. The monoisotopic (exact) mass is 340 g/mol. The van der Waals surface area contributed by atoms with Gasteiger partial charge in [0.1, 0.15) is 23.7 Å². The van der Waals surface area contributed by atoms with Crippen LogP contribution in [0.5, 0.6) is 0 Å². The third-order valence-corrected chi connectivity index (χ3v) is 3.71. The van der Waals surface area contributed by atoms with Crippen LogP contribution in [0.4, 0.5) is 8.78 Å². The number of hydrogen-bond donors (Lipinski definition) is 0. The normalized spacial score (nSPS) is 22.6. The first-order valence-electron chi connectivity index (χ1n) is 7.98. The number of methoxy groups -OCH3 is 2. The van der Waals surface area contributed by atoms with Gasteiger partial charge in [0, 0.05) is 6.42 Å². The van der Waals surface area contributed by atoms with E-state index in [0.717, 1.165) is 6.08 Å². The highest BCUT2D eigenvalue weighted by atomic mass is 19.1. The molecule has 0 aromatic carbocycles. The molecule has 0 spiro atoms. The minimum atomic E-state index is -0.589. The Morgan fingerprint density at radius 2 is 1.83 bits per heavy atom. The summed E-state index contributed by atoms with van der Waals surface area (Å²) in [5.41, 5.74) is 0.168. The molecule has 6 heteroatoms. The van der Waals surface area contributed by atoms with Crippen LogP contribution in [0.2, 0.25) is 0 Å². The fraction of sp³-hybridized carbons (Fsp3) is 0.556. The van der Waals surface area contributed by atoms with Gasteiger partial charge in [-0.25, -0.2) is 18.8 Å². The fourth-order valence-corrected chi connectivity index (χ4v) is 2.35. The van der Waals surface area contributed by atoms with Gasteiger partial charge in [0.15, 0.2) is 0 Å². The second-order valence-corrected chi connectivity index (χ2v) is 5.77. The van der Waals surface area contributed by atoms with E-state index in [0.29, 0.717) is 11.8 Å². The summed E-state index contributed by atoms with van der Waals surface area (Å²) in [6.45, 7) is 9.06. The first kappa shape index (κ1) is 20.1. The van der Waals surface area contributed by atoms with Gasteiger partial charge in [0.2, 0.25) is 11.8 Å². The molecule has 0 saturated carbocycles. The van der Waals surface area contributed by atoms with E-state index in [-0.39, 0.29) is 30.4 Å². The molecule has 1 aliphatic heterocycles. The van der Waals surface area contributed by atoms with Crippen LogP contribution < -0.4 is 0 Å². The van der Waals surface area contributed by atoms with Gasteiger partial charge in [-0.05, 0) is 30.1 Å². The standard InChI is InChI=1S/C18H26F2N2O2/c1-7-13(19)9-12(14(20)8-2)10-15-17(23-5)22-16(11(3)4)18(21-15)24-6/h8-9,11,15-16H,2,7,10H2,1,3-6H3/b13-9+,14-12-/t15-,16+/m1/s1. The minimum absolute atomic E-state index is 0.107. The molecule has 0 aromatic rings. The number of rotatable bonds is 6. The Labute approximate surface area is 142 Å². The molecule has 0 unspecified atom stereocenters. The Morgan fingerprint density at radius 3 is 2.29 bits per heavy atom. The summed E-state index contributed by atoms with van der Waals surface area (Å²) in [4.78, 5) is 9.02. The second-order valence-electron chi connectivity index (χ2n) is 5.77. The predicted octanol–water partition coefficient (Wildman–Crippen LogP) is 4.55. The molecule has 0 N–H and O–H groups in total. The van der Waals surface area contributed by atoms with Crippen LogP contribution in [-0.4, -0.2) is 38.1 Å². The molecule has 0 aromatic heterocycles. The van der Waals surface area contributed by atoms with E-state index in [1.807, 2.05) is 13.8 Å². The zero-order valence-electron chi connectivity index (χ0n) is 15.0. The summed E-state index contributed by atoms with van der Waals surface area (Å²) >= 11 is 0. The average Bonchev–Trinajstić information content (AvgIpc) is 2.59. The van der Waals surface area contributed by atoms with Crippen LogP contribution in [0.25, 0.3) is 0 Å². The largest absolute Gasteiger partial charge is 0.483 e. The quantitative estimate of drug-likeness (QED) is 0.666. The molecule has 4 nitrogen and oxygen atoms in total. The molecule has 0 bridgehead atoms. The van der Waals surface area contributed by atoms with Gasteiger partial charge in [-0.1, -0.05) is 27.4 Å². The lowest BCUT2D eigenvalue weighted by Crippen LogP contribution is -2.37. The number of nitrogens with zero attached hydrogens (tertiary/aromatic N) is 2. The highest BCUT2D eigenvalue weighted by Gasteiger charge is 2.31. The maximum Gasteiger partial charge on any atom is 0.209 e. The van der Waals surface area contributed by atoms with Gasteiger partial charge in [0.05, 0.1) is 14.2 Å². The number of ether oxygens (including phenoxy) is 2. The van der Waals surface area contributed by atoms with Gasteiger partial charge < -0.3 is 9.47 Å². The van der Waals surface area contributed by atoms with Crippen molar-refractivity contribution in [1.29, 1.82) is 0 Å². The summed E-state index contributed by atoms with van der Waals surface area (Å²) in [5, 5.41) is 0.